The molecule has 2 heterocycles. The first-order valence-corrected chi connectivity index (χ1v) is 7.08. The molecule has 0 aliphatic carbocycles. The van der Waals surface area contributed by atoms with Crippen molar-refractivity contribution < 1.29 is 14.3 Å². The first-order valence-electron chi connectivity index (χ1n) is 6.14. The van der Waals surface area contributed by atoms with E-state index in [4.69, 9.17) is 9.15 Å². The van der Waals surface area contributed by atoms with Crippen LogP contribution in [0.5, 0.6) is 0 Å². The number of methoxy groups -OCH3 is 1. The molecule has 19 heavy (non-hydrogen) atoms. The van der Waals surface area contributed by atoms with Gasteiger partial charge in [-0.05, 0) is 41.4 Å². The quantitative estimate of drug-likeness (QED) is 0.818. The van der Waals surface area contributed by atoms with E-state index < -0.39 is 5.60 Å². The minimum Gasteiger partial charge on any atom is -0.462 e. The van der Waals surface area contributed by atoms with E-state index in [1.54, 1.807) is 25.4 Å². The van der Waals surface area contributed by atoms with E-state index in [1.165, 1.54) is 0 Å². The Morgan fingerprint density at radius 2 is 2.16 bits per heavy atom. The normalized spacial score (nSPS) is 14.5. The molecule has 0 amide bonds. The van der Waals surface area contributed by atoms with Gasteiger partial charge in [-0.3, -0.25) is 0 Å². The topological polar surface area (TPSA) is 54.6 Å². The summed E-state index contributed by atoms with van der Waals surface area (Å²) in [5.74, 6) is 1.65. The number of thiophene rings is 1. The SMILES string of the molecule is COCc1ccc(CNCC(C)(O)c2ccsc2)o1. The fraction of sp³-hybridized carbons (Fsp3) is 0.429. The first kappa shape index (κ1) is 14.3. The Morgan fingerprint density at radius 1 is 1.37 bits per heavy atom. The lowest BCUT2D eigenvalue weighted by atomic mass is 9.99. The van der Waals surface area contributed by atoms with Crippen molar-refractivity contribution >= 4 is 11.3 Å². The highest BCUT2D eigenvalue weighted by Gasteiger charge is 2.22. The number of furan rings is 1. The molecule has 2 rings (SSSR count). The van der Waals surface area contributed by atoms with E-state index in [1.807, 2.05) is 29.0 Å². The summed E-state index contributed by atoms with van der Waals surface area (Å²) in [6.45, 7) is 3.35. The standard InChI is InChI=1S/C14H19NO3S/c1-14(16,11-5-6-19-9-11)10-15-7-12-3-4-13(18-12)8-17-2/h3-6,9,15-16H,7-8,10H2,1-2H3. The molecular weight excluding hydrogens is 262 g/mol. The number of aliphatic hydroxyl groups is 1. The highest BCUT2D eigenvalue weighted by atomic mass is 32.1. The predicted molar refractivity (Wildman–Crippen MR) is 75.0 cm³/mol. The van der Waals surface area contributed by atoms with Gasteiger partial charge in [0.2, 0.25) is 0 Å². The molecule has 0 aromatic carbocycles. The summed E-state index contributed by atoms with van der Waals surface area (Å²) < 4.78 is 10.6. The molecule has 0 aliphatic heterocycles. The van der Waals surface area contributed by atoms with Crippen LogP contribution in [-0.4, -0.2) is 18.8 Å². The summed E-state index contributed by atoms with van der Waals surface area (Å²) in [4.78, 5) is 0. The van der Waals surface area contributed by atoms with Crippen LogP contribution in [0.3, 0.4) is 0 Å². The molecule has 2 N–H and O–H groups in total. The highest BCUT2D eigenvalue weighted by molar-refractivity contribution is 7.08. The average Bonchev–Trinajstić information content (AvgIpc) is 3.00. The summed E-state index contributed by atoms with van der Waals surface area (Å²) >= 11 is 1.58. The zero-order chi connectivity index (χ0) is 13.7. The molecule has 0 spiro atoms. The van der Waals surface area contributed by atoms with Gasteiger partial charge in [-0.15, -0.1) is 0 Å². The van der Waals surface area contributed by atoms with Gasteiger partial charge in [-0.1, -0.05) is 0 Å². The van der Waals surface area contributed by atoms with Crippen LogP contribution in [0.4, 0.5) is 0 Å². The molecule has 0 saturated carbocycles. The van der Waals surface area contributed by atoms with E-state index in [0.29, 0.717) is 19.7 Å². The Labute approximate surface area is 117 Å². The largest absolute Gasteiger partial charge is 0.462 e. The Kier molecular flexibility index (Phi) is 4.76. The summed E-state index contributed by atoms with van der Waals surface area (Å²) in [5.41, 5.74) is 0.0756. The molecule has 4 nitrogen and oxygen atoms in total. The number of hydrogen-bond donors (Lipinski definition) is 2. The average molecular weight is 281 g/mol. The maximum absolute atomic E-state index is 10.3. The van der Waals surface area contributed by atoms with Crippen molar-refractivity contribution in [1.29, 1.82) is 0 Å². The van der Waals surface area contributed by atoms with Crippen molar-refractivity contribution in [2.45, 2.75) is 25.7 Å². The lowest BCUT2D eigenvalue weighted by Crippen LogP contribution is -2.34. The smallest absolute Gasteiger partial charge is 0.129 e. The van der Waals surface area contributed by atoms with Gasteiger partial charge in [0.25, 0.3) is 0 Å². The van der Waals surface area contributed by atoms with Crippen molar-refractivity contribution in [3.05, 3.63) is 46.0 Å². The maximum atomic E-state index is 10.3. The second kappa shape index (κ2) is 6.34. The molecule has 2 aromatic heterocycles. The summed E-state index contributed by atoms with van der Waals surface area (Å²) in [5, 5.41) is 17.5. The van der Waals surface area contributed by atoms with E-state index >= 15 is 0 Å². The van der Waals surface area contributed by atoms with Crippen LogP contribution >= 0.6 is 11.3 Å². The Balaban J connectivity index is 1.82. The van der Waals surface area contributed by atoms with Crippen LogP contribution in [0, 0.1) is 0 Å². The molecule has 1 atom stereocenters. The zero-order valence-electron chi connectivity index (χ0n) is 11.2. The first-order chi connectivity index (χ1) is 9.12. The number of rotatable bonds is 7. The molecule has 0 aliphatic rings. The Morgan fingerprint density at radius 3 is 2.84 bits per heavy atom. The minimum atomic E-state index is -0.859. The Hall–Kier alpha value is -1.14. The third-order valence-corrected chi connectivity index (χ3v) is 3.60. The van der Waals surface area contributed by atoms with Gasteiger partial charge in [0.05, 0.1) is 12.1 Å². The zero-order valence-corrected chi connectivity index (χ0v) is 12.0. The van der Waals surface area contributed by atoms with Gasteiger partial charge in [-0.25, -0.2) is 0 Å². The van der Waals surface area contributed by atoms with Crippen molar-refractivity contribution in [1.82, 2.24) is 5.32 Å². The van der Waals surface area contributed by atoms with Crippen LogP contribution in [-0.2, 0) is 23.5 Å². The lowest BCUT2D eigenvalue weighted by molar-refractivity contribution is 0.0565. The lowest BCUT2D eigenvalue weighted by Gasteiger charge is -2.22. The fourth-order valence-electron chi connectivity index (χ4n) is 1.84. The van der Waals surface area contributed by atoms with Gasteiger partial charge in [0.1, 0.15) is 18.1 Å². The number of nitrogens with one attached hydrogen (secondary N) is 1. The highest BCUT2D eigenvalue weighted by Crippen LogP contribution is 2.22. The van der Waals surface area contributed by atoms with Crippen LogP contribution in [0.25, 0.3) is 0 Å². The monoisotopic (exact) mass is 281 g/mol. The van der Waals surface area contributed by atoms with Crippen molar-refractivity contribution in [3.8, 4) is 0 Å². The van der Waals surface area contributed by atoms with Crippen LogP contribution in [0.1, 0.15) is 24.0 Å². The second-order valence-corrected chi connectivity index (χ2v) is 5.47. The number of ether oxygens (including phenoxy) is 1. The fourth-order valence-corrected chi connectivity index (χ4v) is 2.62. The van der Waals surface area contributed by atoms with E-state index in [0.717, 1.165) is 17.1 Å². The van der Waals surface area contributed by atoms with E-state index in [2.05, 4.69) is 5.32 Å². The third kappa shape index (κ3) is 3.91. The molecule has 0 saturated heterocycles. The van der Waals surface area contributed by atoms with Gasteiger partial charge in [0, 0.05) is 13.7 Å². The summed E-state index contributed by atoms with van der Waals surface area (Å²) in [6.07, 6.45) is 0. The predicted octanol–water partition coefficient (Wildman–Crippen LogP) is 2.48. The second-order valence-electron chi connectivity index (χ2n) is 4.69. The molecule has 0 fully saturated rings. The summed E-state index contributed by atoms with van der Waals surface area (Å²) in [6, 6.07) is 5.76. The molecule has 104 valence electrons. The molecule has 2 aromatic rings. The molecule has 0 radical (unpaired) electrons. The molecule has 1 unspecified atom stereocenters. The maximum Gasteiger partial charge on any atom is 0.129 e. The number of hydrogen-bond acceptors (Lipinski definition) is 5. The Bertz CT molecular complexity index is 491. The van der Waals surface area contributed by atoms with Gasteiger partial charge in [0.15, 0.2) is 0 Å². The van der Waals surface area contributed by atoms with Crippen LogP contribution in [0.15, 0.2) is 33.4 Å². The van der Waals surface area contributed by atoms with Gasteiger partial charge < -0.3 is 19.6 Å². The van der Waals surface area contributed by atoms with Crippen molar-refractivity contribution in [2.75, 3.05) is 13.7 Å². The molecule has 0 bridgehead atoms. The third-order valence-electron chi connectivity index (χ3n) is 2.92. The van der Waals surface area contributed by atoms with E-state index in [-0.39, 0.29) is 0 Å². The van der Waals surface area contributed by atoms with Gasteiger partial charge >= 0.3 is 0 Å². The molecular formula is C14H19NO3S. The van der Waals surface area contributed by atoms with Crippen molar-refractivity contribution in [2.24, 2.45) is 0 Å². The minimum absolute atomic E-state index is 0.476. The summed E-state index contributed by atoms with van der Waals surface area (Å²) in [7, 11) is 1.64. The molecule has 5 heteroatoms. The van der Waals surface area contributed by atoms with Crippen LogP contribution in [0.2, 0.25) is 0 Å². The van der Waals surface area contributed by atoms with E-state index in [9.17, 15) is 5.11 Å². The van der Waals surface area contributed by atoms with Crippen LogP contribution < -0.4 is 5.32 Å². The van der Waals surface area contributed by atoms with Crippen molar-refractivity contribution in [3.63, 3.8) is 0 Å². The van der Waals surface area contributed by atoms with Gasteiger partial charge in [-0.2, -0.15) is 11.3 Å².